The Hall–Kier alpha value is -0.850. The lowest BCUT2D eigenvalue weighted by molar-refractivity contribution is -0.144. The van der Waals surface area contributed by atoms with Crippen LogP contribution in [0.25, 0.3) is 0 Å². The minimum Gasteiger partial charge on any atom is -0.360 e. The van der Waals surface area contributed by atoms with E-state index in [1.807, 2.05) is 0 Å². The van der Waals surface area contributed by atoms with Gasteiger partial charge >= 0.3 is 6.18 Å². The summed E-state index contributed by atoms with van der Waals surface area (Å²) in [6.07, 6.45) is -2.13. The van der Waals surface area contributed by atoms with Crippen molar-refractivity contribution >= 4 is 16.7 Å². The van der Waals surface area contributed by atoms with Gasteiger partial charge in [0, 0.05) is 18.1 Å². The third-order valence-electron chi connectivity index (χ3n) is 1.92. The van der Waals surface area contributed by atoms with Crippen LogP contribution in [0, 0.1) is 5.92 Å². The summed E-state index contributed by atoms with van der Waals surface area (Å²) in [6.45, 7) is 0.701. The highest BCUT2D eigenvalue weighted by Gasteiger charge is 2.36. The zero-order valence-corrected chi connectivity index (χ0v) is 7.95. The van der Waals surface area contributed by atoms with Gasteiger partial charge in [-0.25, -0.2) is 0 Å². The molecule has 1 heterocycles. The molecule has 0 unspecified atom stereocenters. The van der Waals surface area contributed by atoms with Gasteiger partial charge in [0.1, 0.15) is 0 Å². The van der Waals surface area contributed by atoms with Gasteiger partial charge in [-0.3, -0.25) is 0 Å². The minimum absolute atomic E-state index is 0.254. The van der Waals surface area contributed by atoms with Crippen molar-refractivity contribution in [2.24, 2.45) is 5.92 Å². The molecule has 0 amide bonds. The Morgan fingerprint density at radius 1 is 1.43 bits per heavy atom. The third kappa shape index (κ3) is 2.34. The Morgan fingerprint density at radius 2 is 2.14 bits per heavy atom. The summed E-state index contributed by atoms with van der Waals surface area (Å²) >= 11 is 0.754. The number of aromatic nitrogens is 2. The second-order valence-electron chi connectivity index (χ2n) is 3.25. The van der Waals surface area contributed by atoms with Gasteiger partial charge in [0.05, 0.1) is 0 Å². The smallest absolute Gasteiger partial charge is 0.360 e. The second-order valence-corrected chi connectivity index (χ2v) is 4.00. The maximum atomic E-state index is 12.1. The number of rotatable bonds is 3. The molecule has 2 rings (SSSR count). The molecule has 0 atom stereocenters. The molecule has 1 aliphatic rings. The van der Waals surface area contributed by atoms with Gasteiger partial charge in [-0.2, -0.15) is 22.5 Å². The summed E-state index contributed by atoms with van der Waals surface area (Å²) in [5.41, 5.74) is 0. The number of alkyl halides is 3. The molecule has 1 aromatic rings. The maximum absolute atomic E-state index is 12.1. The van der Waals surface area contributed by atoms with E-state index < -0.39 is 12.0 Å². The molecule has 1 aliphatic carbocycles. The molecule has 0 bridgehead atoms. The summed E-state index contributed by atoms with van der Waals surface area (Å²) in [5.74, 6) is -0.450. The monoisotopic (exact) mass is 223 g/mol. The lowest BCUT2D eigenvalue weighted by atomic mass is 10.4. The number of hydrogen-bond acceptors (Lipinski definition) is 4. The first-order chi connectivity index (χ1) is 6.55. The fourth-order valence-electron chi connectivity index (χ4n) is 0.964. The Bertz CT molecular complexity index is 318. The van der Waals surface area contributed by atoms with Crippen molar-refractivity contribution in [2.75, 3.05) is 11.9 Å². The van der Waals surface area contributed by atoms with E-state index in [1.54, 1.807) is 0 Å². The second kappa shape index (κ2) is 3.38. The largest absolute Gasteiger partial charge is 0.452 e. The normalized spacial score (nSPS) is 17.1. The molecule has 1 aromatic heterocycles. The van der Waals surface area contributed by atoms with E-state index in [2.05, 4.69) is 14.7 Å². The van der Waals surface area contributed by atoms with Gasteiger partial charge in [0.2, 0.25) is 11.0 Å². The SMILES string of the molecule is FC(F)(F)c1nsc(NCC2CC2)n1. The first-order valence-corrected chi connectivity index (χ1v) is 4.98. The van der Waals surface area contributed by atoms with Gasteiger partial charge in [-0.15, -0.1) is 0 Å². The van der Waals surface area contributed by atoms with E-state index in [0.717, 1.165) is 24.4 Å². The standard InChI is InChI=1S/C7H8F3N3S/c8-7(9,10)5-12-6(14-13-5)11-3-4-1-2-4/h4H,1-3H2,(H,11,12,13). The highest BCUT2D eigenvalue weighted by Crippen LogP contribution is 2.31. The molecule has 0 aromatic carbocycles. The van der Waals surface area contributed by atoms with Gasteiger partial charge in [0.25, 0.3) is 0 Å². The van der Waals surface area contributed by atoms with Gasteiger partial charge in [0.15, 0.2) is 0 Å². The molecule has 78 valence electrons. The molecule has 14 heavy (non-hydrogen) atoms. The Kier molecular flexibility index (Phi) is 2.34. The first-order valence-electron chi connectivity index (χ1n) is 4.20. The zero-order chi connectivity index (χ0) is 10.2. The van der Waals surface area contributed by atoms with Crippen LogP contribution >= 0.6 is 11.5 Å². The number of halogens is 3. The van der Waals surface area contributed by atoms with Crippen LogP contribution in [0.3, 0.4) is 0 Å². The molecule has 7 heteroatoms. The summed E-state index contributed by atoms with van der Waals surface area (Å²) in [5, 5.41) is 3.10. The number of nitrogens with one attached hydrogen (secondary N) is 1. The number of nitrogens with zero attached hydrogens (tertiary/aromatic N) is 2. The molecule has 0 spiro atoms. The van der Waals surface area contributed by atoms with Crippen LogP contribution in [-0.2, 0) is 6.18 Å². The minimum atomic E-state index is -4.43. The average molecular weight is 223 g/mol. The van der Waals surface area contributed by atoms with Crippen molar-refractivity contribution in [2.45, 2.75) is 19.0 Å². The maximum Gasteiger partial charge on any atom is 0.452 e. The summed E-state index contributed by atoms with van der Waals surface area (Å²) in [4.78, 5) is 3.35. The van der Waals surface area contributed by atoms with Gasteiger partial charge < -0.3 is 5.32 Å². The molecule has 3 nitrogen and oxygen atoms in total. The summed E-state index contributed by atoms with van der Waals surface area (Å²) in [7, 11) is 0. The third-order valence-corrected chi connectivity index (χ3v) is 2.59. The van der Waals surface area contributed by atoms with Crippen LogP contribution < -0.4 is 5.32 Å². The Morgan fingerprint density at radius 3 is 2.64 bits per heavy atom. The first kappa shape index (κ1) is 9.70. The predicted molar refractivity (Wildman–Crippen MR) is 46.1 cm³/mol. The van der Waals surface area contributed by atoms with Gasteiger partial charge in [-0.1, -0.05) is 0 Å². The van der Waals surface area contributed by atoms with Crippen LogP contribution in [-0.4, -0.2) is 15.9 Å². The van der Waals surface area contributed by atoms with Crippen LogP contribution in [0.5, 0.6) is 0 Å². The highest BCUT2D eigenvalue weighted by atomic mass is 32.1. The predicted octanol–water partition coefficient (Wildman–Crippen LogP) is 2.38. The van der Waals surface area contributed by atoms with Crippen molar-refractivity contribution in [1.82, 2.24) is 9.36 Å². The highest BCUT2D eigenvalue weighted by molar-refractivity contribution is 7.09. The number of hydrogen-bond donors (Lipinski definition) is 1. The molecule has 1 fully saturated rings. The van der Waals surface area contributed by atoms with E-state index >= 15 is 0 Å². The summed E-state index contributed by atoms with van der Waals surface area (Å²) in [6, 6.07) is 0. The molecule has 0 radical (unpaired) electrons. The van der Waals surface area contributed by atoms with Crippen molar-refractivity contribution in [3.05, 3.63) is 5.82 Å². The molecular weight excluding hydrogens is 215 g/mol. The van der Waals surface area contributed by atoms with Crippen LogP contribution in [0.4, 0.5) is 18.3 Å². The van der Waals surface area contributed by atoms with Gasteiger partial charge in [-0.05, 0) is 18.8 Å². The molecule has 1 N–H and O–H groups in total. The fourth-order valence-corrected chi connectivity index (χ4v) is 1.56. The van der Waals surface area contributed by atoms with Crippen molar-refractivity contribution in [3.8, 4) is 0 Å². The van der Waals surface area contributed by atoms with Crippen molar-refractivity contribution in [1.29, 1.82) is 0 Å². The average Bonchev–Trinajstić information content (AvgIpc) is 2.77. The van der Waals surface area contributed by atoms with Crippen molar-refractivity contribution in [3.63, 3.8) is 0 Å². The van der Waals surface area contributed by atoms with E-state index in [0.29, 0.717) is 12.5 Å². The van der Waals surface area contributed by atoms with E-state index in [9.17, 15) is 13.2 Å². The fraction of sp³-hybridized carbons (Fsp3) is 0.714. The zero-order valence-electron chi connectivity index (χ0n) is 7.14. The Balaban J connectivity index is 1.94. The molecule has 0 aliphatic heterocycles. The van der Waals surface area contributed by atoms with E-state index in [4.69, 9.17) is 0 Å². The quantitative estimate of drug-likeness (QED) is 0.854. The van der Waals surface area contributed by atoms with Crippen LogP contribution in [0.15, 0.2) is 0 Å². The topological polar surface area (TPSA) is 37.8 Å². The van der Waals surface area contributed by atoms with Crippen molar-refractivity contribution < 1.29 is 13.2 Å². The van der Waals surface area contributed by atoms with Crippen LogP contribution in [0.2, 0.25) is 0 Å². The van der Waals surface area contributed by atoms with E-state index in [1.165, 1.54) is 0 Å². The number of anilines is 1. The molecule has 0 saturated heterocycles. The van der Waals surface area contributed by atoms with E-state index in [-0.39, 0.29) is 5.13 Å². The lowest BCUT2D eigenvalue weighted by Crippen LogP contribution is -2.08. The summed E-state index contributed by atoms with van der Waals surface area (Å²) < 4.78 is 39.4. The Labute approximate surface area is 82.5 Å². The lowest BCUT2D eigenvalue weighted by Gasteiger charge is -1.99. The van der Waals surface area contributed by atoms with Crippen LogP contribution in [0.1, 0.15) is 18.7 Å². The molecular formula is C7H8F3N3S. The molecule has 1 saturated carbocycles.